The lowest BCUT2D eigenvalue weighted by atomic mass is 9.82. The van der Waals surface area contributed by atoms with Crippen LogP contribution in [-0.4, -0.2) is 23.4 Å². The van der Waals surface area contributed by atoms with E-state index in [9.17, 15) is 0 Å². The summed E-state index contributed by atoms with van der Waals surface area (Å²) in [4.78, 5) is 0. The molecular weight excluding hydrogens is 238 g/mol. The normalized spacial score (nSPS) is 18.5. The lowest BCUT2D eigenvalue weighted by Crippen LogP contribution is -2.31. The van der Waals surface area contributed by atoms with E-state index in [4.69, 9.17) is 4.74 Å². The summed E-state index contributed by atoms with van der Waals surface area (Å²) in [6.07, 6.45) is 8.58. The van der Waals surface area contributed by atoms with Crippen LogP contribution in [0.2, 0.25) is 0 Å². The van der Waals surface area contributed by atoms with E-state index in [-0.39, 0.29) is 0 Å². The molecule has 4 heteroatoms. The fourth-order valence-electron chi connectivity index (χ4n) is 3.27. The van der Waals surface area contributed by atoms with Gasteiger partial charge in [0.05, 0.1) is 25.0 Å². The van der Waals surface area contributed by atoms with Gasteiger partial charge >= 0.3 is 0 Å². The summed E-state index contributed by atoms with van der Waals surface area (Å²) in [6.45, 7) is 6.20. The highest BCUT2D eigenvalue weighted by atomic mass is 16.5. The first-order valence-electron chi connectivity index (χ1n) is 7.64. The third kappa shape index (κ3) is 3.11. The van der Waals surface area contributed by atoms with Gasteiger partial charge in [-0.15, -0.1) is 0 Å². The first-order chi connectivity index (χ1) is 9.31. The largest absolute Gasteiger partial charge is 0.493 e. The number of rotatable bonds is 6. The predicted molar refractivity (Wildman–Crippen MR) is 77.4 cm³/mol. The van der Waals surface area contributed by atoms with Gasteiger partial charge in [-0.05, 0) is 32.2 Å². The highest BCUT2D eigenvalue weighted by Gasteiger charge is 2.29. The fraction of sp³-hybridized carbons (Fsp3) is 0.800. The smallest absolute Gasteiger partial charge is 0.161 e. The second-order valence-corrected chi connectivity index (χ2v) is 5.35. The molecule has 0 aromatic carbocycles. The van der Waals surface area contributed by atoms with Crippen molar-refractivity contribution in [2.75, 3.05) is 13.7 Å². The van der Waals surface area contributed by atoms with Crippen LogP contribution >= 0.6 is 0 Å². The van der Waals surface area contributed by atoms with Gasteiger partial charge in [0, 0.05) is 6.54 Å². The molecular formula is C15H27N3O. The number of ether oxygens (including phenoxy) is 1. The van der Waals surface area contributed by atoms with Crippen molar-refractivity contribution >= 4 is 0 Å². The average molecular weight is 265 g/mol. The Balaban J connectivity index is 2.28. The second kappa shape index (κ2) is 6.94. The Kier molecular flexibility index (Phi) is 5.25. The molecule has 1 aliphatic carbocycles. The standard InChI is InChI=1S/C15H27N3O/c1-4-16-14(12-9-7-6-8-10-12)15-13(19-3)11-17-18(15)5-2/h11-12,14,16H,4-10H2,1-3H3. The van der Waals surface area contributed by atoms with Gasteiger partial charge in [0.15, 0.2) is 5.75 Å². The minimum atomic E-state index is 0.378. The van der Waals surface area contributed by atoms with Crippen molar-refractivity contribution in [3.8, 4) is 5.75 Å². The number of hydrogen-bond acceptors (Lipinski definition) is 3. The van der Waals surface area contributed by atoms with Crippen LogP contribution in [0, 0.1) is 5.92 Å². The Bertz CT molecular complexity index is 361. The predicted octanol–water partition coefficient (Wildman–Crippen LogP) is 3.14. The molecule has 1 aliphatic rings. The number of hydrogen-bond donors (Lipinski definition) is 1. The molecule has 0 bridgehead atoms. The van der Waals surface area contributed by atoms with E-state index in [2.05, 4.69) is 28.9 Å². The summed E-state index contributed by atoms with van der Waals surface area (Å²) in [5.74, 6) is 1.64. The Labute approximate surface area is 116 Å². The van der Waals surface area contributed by atoms with Crippen molar-refractivity contribution in [2.24, 2.45) is 5.92 Å². The Morgan fingerprint density at radius 3 is 2.68 bits per heavy atom. The van der Waals surface area contributed by atoms with Crippen LogP contribution in [0.5, 0.6) is 5.75 Å². The SMILES string of the molecule is CCNC(c1c(OC)cnn1CC)C1CCCCC1. The molecule has 4 nitrogen and oxygen atoms in total. The maximum absolute atomic E-state index is 5.52. The third-order valence-electron chi connectivity index (χ3n) is 4.20. The van der Waals surface area contributed by atoms with Gasteiger partial charge < -0.3 is 10.1 Å². The highest BCUT2D eigenvalue weighted by Crippen LogP contribution is 2.37. The van der Waals surface area contributed by atoms with Gasteiger partial charge in [0.25, 0.3) is 0 Å². The number of aromatic nitrogens is 2. The van der Waals surface area contributed by atoms with Crippen molar-refractivity contribution in [3.05, 3.63) is 11.9 Å². The first kappa shape index (κ1) is 14.4. The zero-order valence-electron chi connectivity index (χ0n) is 12.5. The Morgan fingerprint density at radius 2 is 2.11 bits per heavy atom. The van der Waals surface area contributed by atoms with E-state index in [1.54, 1.807) is 7.11 Å². The van der Waals surface area contributed by atoms with E-state index in [0.29, 0.717) is 12.0 Å². The second-order valence-electron chi connectivity index (χ2n) is 5.35. The molecule has 108 valence electrons. The number of methoxy groups -OCH3 is 1. The lowest BCUT2D eigenvalue weighted by Gasteiger charge is -2.31. The molecule has 0 spiro atoms. The van der Waals surface area contributed by atoms with Crippen LogP contribution in [0.25, 0.3) is 0 Å². The van der Waals surface area contributed by atoms with Crippen molar-refractivity contribution < 1.29 is 4.74 Å². The van der Waals surface area contributed by atoms with Crippen LogP contribution in [0.3, 0.4) is 0 Å². The van der Waals surface area contributed by atoms with E-state index >= 15 is 0 Å². The molecule has 1 unspecified atom stereocenters. The van der Waals surface area contributed by atoms with Gasteiger partial charge in [-0.25, -0.2) is 0 Å². The molecule has 1 saturated carbocycles. The molecule has 1 aromatic rings. The van der Waals surface area contributed by atoms with Gasteiger partial charge in [-0.1, -0.05) is 26.2 Å². The Morgan fingerprint density at radius 1 is 1.37 bits per heavy atom. The maximum Gasteiger partial charge on any atom is 0.161 e. The van der Waals surface area contributed by atoms with Gasteiger partial charge in [-0.2, -0.15) is 5.10 Å². The van der Waals surface area contributed by atoms with Crippen LogP contribution in [0.4, 0.5) is 0 Å². The average Bonchev–Trinajstić information content (AvgIpc) is 2.88. The fourth-order valence-corrected chi connectivity index (χ4v) is 3.27. The van der Waals surface area contributed by atoms with E-state index in [1.807, 2.05) is 6.20 Å². The molecule has 1 heterocycles. The number of nitrogens with zero attached hydrogens (tertiary/aromatic N) is 2. The van der Waals surface area contributed by atoms with Crippen molar-refractivity contribution in [1.82, 2.24) is 15.1 Å². The van der Waals surface area contributed by atoms with Gasteiger partial charge in [0.1, 0.15) is 0 Å². The van der Waals surface area contributed by atoms with Crippen LogP contribution in [-0.2, 0) is 6.54 Å². The Hall–Kier alpha value is -1.03. The van der Waals surface area contributed by atoms with Crippen LogP contribution in [0.15, 0.2) is 6.20 Å². The summed E-state index contributed by atoms with van der Waals surface area (Å²) in [5.41, 5.74) is 1.23. The monoisotopic (exact) mass is 265 g/mol. The molecule has 1 N–H and O–H groups in total. The third-order valence-corrected chi connectivity index (χ3v) is 4.20. The van der Waals surface area contributed by atoms with Gasteiger partial charge in [-0.3, -0.25) is 4.68 Å². The molecule has 0 saturated heterocycles. The molecule has 1 aromatic heterocycles. The quantitative estimate of drug-likeness (QED) is 0.859. The summed E-state index contributed by atoms with van der Waals surface area (Å²) < 4.78 is 7.61. The number of nitrogens with one attached hydrogen (secondary N) is 1. The first-order valence-corrected chi connectivity index (χ1v) is 7.64. The van der Waals surface area contributed by atoms with Crippen molar-refractivity contribution in [1.29, 1.82) is 0 Å². The maximum atomic E-state index is 5.52. The minimum Gasteiger partial charge on any atom is -0.493 e. The summed E-state index contributed by atoms with van der Waals surface area (Å²) in [5, 5.41) is 8.12. The molecule has 0 amide bonds. The van der Waals surface area contributed by atoms with Crippen molar-refractivity contribution in [2.45, 2.75) is 58.5 Å². The highest BCUT2D eigenvalue weighted by molar-refractivity contribution is 5.29. The van der Waals surface area contributed by atoms with Gasteiger partial charge in [0.2, 0.25) is 0 Å². The van der Waals surface area contributed by atoms with Crippen molar-refractivity contribution in [3.63, 3.8) is 0 Å². The van der Waals surface area contributed by atoms with Crippen LogP contribution < -0.4 is 10.1 Å². The summed E-state index contributed by atoms with van der Waals surface area (Å²) >= 11 is 0. The molecule has 1 fully saturated rings. The molecule has 1 atom stereocenters. The molecule has 2 rings (SSSR count). The van der Waals surface area contributed by atoms with E-state index in [1.165, 1.54) is 37.8 Å². The zero-order chi connectivity index (χ0) is 13.7. The molecule has 19 heavy (non-hydrogen) atoms. The molecule has 0 aliphatic heterocycles. The van der Waals surface area contributed by atoms with E-state index in [0.717, 1.165) is 18.8 Å². The van der Waals surface area contributed by atoms with E-state index < -0.39 is 0 Å². The molecule has 0 radical (unpaired) electrons. The zero-order valence-corrected chi connectivity index (χ0v) is 12.5. The lowest BCUT2D eigenvalue weighted by molar-refractivity contribution is 0.258. The number of aryl methyl sites for hydroxylation is 1. The topological polar surface area (TPSA) is 39.1 Å². The summed E-state index contributed by atoms with van der Waals surface area (Å²) in [7, 11) is 1.74. The minimum absolute atomic E-state index is 0.378. The summed E-state index contributed by atoms with van der Waals surface area (Å²) in [6, 6.07) is 0.378. The van der Waals surface area contributed by atoms with Crippen LogP contribution in [0.1, 0.15) is 57.7 Å².